The number of carbonyl (C=O) groups excluding carboxylic acids is 1. The van der Waals surface area contributed by atoms with Crippen LogP contribution in [0, 0.1) is 11.6 Å². The molecular weight excluding hydrogens is 352 g/mol. The summed E-state index contributed by atoms with van der Waals surface area (Å²) in [6.45, 7) is 0. The lowest BCUT2D eigenvalue weighted by Crippen LogP contribution is -2.25. The van der Waals surface area contributed by atoms with E-state index in [0.29, 0.717) is 11.1 Å². The number of anilines is 2. The number of benzene rings is 3. The average molecular weight is 367 g/mol. The number of thioether (sulfide) groups is 1. The van der Waals surface area contributed by atoms with Crippen LogP contribution >= 0.6 is 11.8 Å². The molecule has 0 bridgehead atoms. The van der Waals surface area contributed by atoms with Gasteiger partial charge in [0.1, 0.15) is 11.6 Å². The summed E-state index contributed by atoms with van der Waals surface area (Å²) in [6.07, 6.45) is 0. The fourth-order valence-corrected chi connectivity index (χ4v) is 4.24. The van der Waals surface area contributed by atoms with Crippen LogP contribution in [0.2, 0.25) is 0 Å². The lowest BCUT2D eigenvalue weighted by molar-refractivity contribution is -0.111. The van der Waals surface area contributed by atoms with E-state index in [1.54, 1.807) is 12.1 Å². The Labute approximate surface area is 154 Å². The second-order valence-electron chi connectivity index (χ2n) is 6.13. The Hall–Kier alpha value is -2.66. The highest BCUT2D eigenvalue weighted by atomic mass is 32.2. The van der Waals surface area contributed by atoms with E-state index in [9.17, 15) is 13.6 Å². The van der Waals surface area contributed by atoms with Crippen LogP contribution in [-0.4, -0.2) is 12.2 Å². The topological polar surface area (TPSA) is 20.3 Å². The summed E-state index contributed by atoms with van der Waals surface area (Å²) in [4.78, 5) is 15.8. The number of fused-ring (bicyclic) bond motifs is 2. The van der Waals surface area contributed by atoms with Crippen molar-refractivity contribution in [2.75, 3.05) is 11.9 Å². The number of halogens is 2. The minimum Gasteiger partial charge on any atom is -0.344 e. The minimum absolute atomic E-state index is 0.164. The zero-order chi connectivity index (χ0) is 18.3. The summed E-state index contributed by atoms with van der Waals surface area (Å²) in [5.74, 6) is -1.56. The van der Waals surface area contributed by atoms with Gasteiger partial charge in [-0.05, 0) is 59.7 Å². The summed E-state index contributed by atoms with van der Waals surface area (Å²) < 4.78 is 27.9. The lowest BCUT2D eigenvalue weighted by Gasteiger charge is -2.34. The van der Waals surface area contributed by atoms with Gasteiger partial charge in [-0.3, -0.25) is 4.79 Å². The van der Waals surface area contributed by atoms with Crippen molar-refractivity contribution in [3.05, 3.63) is 89.5 Å². The molecule has 5 heteroatoms. The third kappa shape index (κ3) is 2.88. The average Bonchev–Trinajstić information content (AvgIpc) is 2.62. The number of hydrogen-bond donors (Lipinski definition) is 0. The Kier molecular flexibility index (Phi) is 4.24. The molecule has 0 radical (unpaired) electrons. The predicted octanol–water partition coefficient (Wildman–Crippen LogP) is 5.50. The largest absolute Gasteiger partial charge is 0.344 e. The van der Waals surface area contributed by atoms with Crippen LogP contribution in [0.4, 0.5) is 20.2 Å². The van der Waals surface area contributed by atoms with E-state index < -0.39 is 17.6 Å². The highest BCUT2D eigenvalue weighted by molar-refractivity contribution is 8.13. The van der Waals surface area contributed by atoms with Crippen molar-refractivity contribution in [1.29, 1.82) is 0 Å². The van der Waals surface area contributed by atoms with Crippen LogP contribution in [0.25, 0.3) is 0 Å². The van der Waals surface area contributed by atoms with Gasteiger partial charge in [0.05, 0.1) is 5.92 Å². The van der Waals surface area contributed by atoms with E-state index in [1.807, 2.05) is 42.3 Å². The van der Waals surface area contributed by atoms with Crippen molar-refractivity contribution in [2.24, 2.45) is 0 Å². The van der Waals surface area contributed by atoms with Gasteiger partial charge in [0.25, 0.3) is 0 Å². The van der Waals surface area contributed by atoms with Gasteiger partial charge in [-0.1, -0.05) is 30.0 Å². The maximum absolute atomic E-state index is 13.9. The first kappa shape index (κ1) is 16.8. The third-order valence-corrected chi connectivity index (χ3v) is 5.47. The van der Waals surface area contributed by atoms with Crippen LogP contribution in [0.5, 0.6) is 0 Å². The molecule has 0 N–H and O–H groups in total. The summed E-state index contributed by atoms with van der Waals surface area (Å²) in [5.41, 5.74) is 2.60. The maximum Gasteiger partial charge on any atom is 0.205 e. The minimum atomic E-state index is -0.729. The van der Waals surface area contributed by atoms with Crippen molar-refractivity contribution in [1.82, 2.24) is 0 Å². The molecular formula is C21H15F2NOS. The summed E-state index contributed by atoms with van der Waals surface area (Å²) in [7, 11) is 1.83. The molecule has 0 aliphatic carbocycles. The molecule has 0 saturated carbocycles. The van der Waals surface area contributed by atoms with Crippen molar-refractivity contribution < 1.29 is 13.6 Å². The second kappa shape index (κ2) is 6.57. The molecule has 0 atom stereocenters. The quantitative estimate of drug-likeness (QED) is 0.558. The van der Waals surface area contributed by atoms with Gasteiger partial charge in [0.15, 0.2) is 0 Å². The number of nitrogens with zero attached hydrogens (tertiary/aromatic N) is 1. The van der Waals surface area contributed by atoms with E-state index in [-0.39, 0.29) is 5.12 Å². The molecule has 130 valence electrons. The molecule has 4 rings (SSSR count). The van der Waals surface area contributed by atoms with Crippen molar-refractivity contribution in [2.45, 2.75) is 10.8 Å². The first-order valence-corrected chi connectivity index (χ1v) is 8.95. The summed E-state index contributed by atoms with van der Waals surface area (Å²) >= 11 is 1.09. The van der Waals surface area contributed by atoms with E-state index >= 15 is 0 Å². The number of hydrogen-bond acceptors (Lipinski definition) is 3. The molecule has 0 amide bonds. The van der Waals surface area contributed by atoms with Crippen LogP contribution in [0.3, 0.4) is 0 Å². The number of rotatable bonds is 2. The fourth-order valence-electron chi connectivity index (χ4n) is 3.34. The zero-order valence-electron chi connectivity index (χ0n) is 13.9. The van der Waals surface area contributed by atoms with E-state index in [1.165, 1.54) is 24.3 Å². The maximum atomic E-state index is 13.9. The molecule has 1 heterocycles. The highest BCUT2D eigenvalue weighted by Gasteiger charge is 2.34. The summed E-state index contributed by atoms with van der Waals surface area (Å²) in [6, 6.07) is 18.1. The first-order valence-electron chi connectivity index (χ1n) is 8.14. The van der Waals surface area contributed by atoms with Crippen LogP contribution in [-0.2, 0) is 4.79 Å². The SMILES string of the molecule is CN1c2ccc(F)cc2C(C(=O)Sc2ccccc2)c2cc(F)ccc21. The van der Waals surface area contributed by atoms with Crippen molar-refractivity contribution in [3.63, 3.8) is 0 Å². The molecule has 3 aromatic carbocycles. The molecule has 2 nitrogen and oxygen atoms in total. The first-order chi connectivity index (χ1) is 12.5. The molecule has 3 aromatic rings. The van der Waals surface area contributed by atoms with Crippen molar-refractivity contribution in [3.8, 4) is 0 Å². The number of carbonyl (C=O) groups is 1. The molecule has 0 fully saturated rings. The zero-order valence-corrected chi connectivity index (χ0v) is 14.8. The van der Waals surface area contributed by atoms with Gasteiger partial charge in [-0.15, -0.1) is 0 Å². The van der Waals surface area contributed by atoms with Crippen molar-refractivity contribution >= 4 is 28.3 Å². The normalized spacial score (nSPS) is 13.3. The van der Waals surface area contributed by atoms with Crippen LogP contribution in [0.15, 0.2) is 71.6 Å². The van der Waals surface area contributed by atoms with Gasteiger partial charge in [-0.2, -0.15) is 0 Å². The van der Waals surface area contributed by atoms with Crippen LogP contribution in [0.1, 0.15) is 17.0 Å². The standard InChI is InChI=1S/C21H15F2NOS/c1-24-18-9-7-13(22)11-16(18)20(17-12-14(23)8-10-19(17)24)21(25)26-15-5-3-2-4-6-15/h2-12,20H,1H3. The van der Waals surface area contributed by atoms with Gasteiger partial charge >= 0.3 is 0 Å². The molecule has 26 heavy (non-hydrogen) atoms. The summed E-state index contributed by atoms with van der Waals surface area (Å²) in [5, 5.41) is -0.164. The molecule has 0 aromatic heterocycles. The van der Waals surface area contributed by atoms with Gasteiger partial charge in [0.2, 0.25) is 5.12 Å². The Morgan fingerprint density at radius 1 is 0.885 bits per heavy atom. The third-order valence-electron chi connectivity index (χ3n) is 4.52. The fraction of sp³-hybridized carbons (Fsp3) is 0.0952. The predicted molar refractivity (Wildman–Crippen MR) is 100 cm³/mol. The molecule has 1 aliphatic rings. The van der Waals surface area contributed by atoms with E-state index in [4.69, 9.17) is 0 Å². The Bertz CT molecular complexity index is 937. The van der Waals surface area contributed by atoms with Gasteiger partial charge in [0, 0.05) is 23.3 Å². The Morgan fingerprint density at radius 2 is 1.42 bits per heavy atom. The lowest BCUT2D eigenvalue weighted by atomic mass is 9.85. The van der Waals surface area contributed by atoms with E-state index in [2.05, 4.69) is 0 Å². The second-order valence-corrected chi connectivity index (χ2v) is 7.21. The smallest absolute Gasteiger partial charge is 0.205 e. The highest BCUT2D eigenvalue weighted by Crippen LogP contribution is 2.47. The Balaban J connectivity index is 1.85. The van der Waals surface area contributed by atoms with Gasteiger partial charge in [-0.25, -0.2) is 8.78 Å². The Morgan fingerprint density at radius 3 is 1.96 bits per heavy atom. The molecule has 1 aliphatic heterocycles. The van der Waals surface area contributed by atoms with Gasteiger partial charge < -0.3 is 4.90 Å². The van der Waals surface area contributed by atoms with E-state index in [0.717, 1.165) is 28.0 Å². The molecule has 0 saturated heterocycles. The molecule has 0 unspecified atom stereocenters. The monoisotopic (exact) mass is 367 g/mol. The van der Waals surface area contributed by atoms with Crippen LogP contribution < -0.4 is 4.90 Å². The molecule has 0 spiro atoms.